The Balaban J connectivity index is 1.69. The van der Waals surface area contributed by atoms with E-state index in [-0.39, 0.29) is 12.5 Å². The number of carbonyl (C=O) groups excluding carboxylic acids is 1. The first-order valence-corrected chi connectivity index (χ1v) is 10.5. The second-order valence-electron chi connectivity index (χ2n) is 6.84. The van der Waals surface area contributed by atoms with Crippen molar-refractivity contribution >= 4 is 21.8 Å². The van der Waals surface area contributed by atoms with Crippen molar-refractivity contribution in [3.63, 3.8) is 0 Å². The number of carbonyl (C=O) groups is 1. The molecule has 0 spiro atoms. The predicted octanol–water partition coefficient (Wildman–Crippen LogP) is 2.25. The van der Waals surface area contributed by atoms with Crippen molar-refractivity contribution in [1.29, 1.82) is 0 Å². The molecular weight excluding hydrogens is 406 g/mol. The lowest BCUT2D eigenvalue weighted by atomic mass is 10.2. The van der Waals surface area contributed by atoms with E-state index in [0.717, 1.165) is 14.2 Å². The Morgan fingerprint density at radius 3 is 2.20 bits per heavy atom. The van der Waals surface area contributed by atoms with Gasteiger partial charge in [0.15, 0.2) is 0 Å². The van der Waals surface area contributed by atoms with Crippen LogP contribution in [-0.2, 0) is 16.8 Å². The zero-order valence-electron chi connectivity index (χ0n) is 17.2. The van der Waals surface area contributed by atoms with Crippen molar-refractivity contribution in [1.82, 2.24) is 19.3 Å². The molecule has 0 atom stereocenters. The Hall–Kier alpha value is -3.24. The Bertz CT molecular complexity index is 1110. The highest BCUT2D eigenvalue weighted by atomic mass is 32.2. The van der Waals surface area contributed by atoms with Gasteiger partial charge in [0.2, 0.25) is 11.7 Å². The summed E-state index contributed by atoms with van der Waals surface area (Å²) in [6.45, 7) is 0.148. The number of benzene rings is 2. The van der Waals surface area contributed by atoms with Crippen molar-refractivity contribution < 1.29 is 17.7 Å². The highest BCUT2D eigenvalue weighted by molar-refractivity contribution is 7.90. The number of hydrogen-bond donors (Lipinski definition) is 0. The minimum absolute atomic E-state index is 0.148. The van der Waals surface area contributed by atoms with Crippen LogP contribution in [0, 0.1) is 0 Å². The maximum atomic E-state index is 12.7. The molecule has 0 aliphatic heterocycles. The van der Waals surface area contributed by atoms with Crippen LogP contribution in [0.4, 0.5) is 5.69 Å². The van der Waals surface area contributed by atoms with E-state index in [1.165, 1.54) is 26.0 Å². The third kappa shape index (κ3) is 4.50. The topological polar surface area (TPSA) is 99.9 Å². The molecule has 1 heterocycles. The van der Waals surface area contributed by atoms with Gasteiger partial charge < -0.3 is 9.42 Å². The van der Waals surface area contributed by atoms with Gasteiger partial charge in [-0.25, -0.2) is 0 Å². The molecular formula is C20H23N5O4S. The lowest BCUT2D eigenvalue weighted by molar-refractivity contribution is 0.0769. The molecule has 0 saturated carbocycles. The zero-order valence-corrected chi connectivity index (χ0v) is 18.0. The molecule has 0 aliphatic carbocycles. The van der Waals surface area contributed by atoms with Gasteiger partial charge in [-0.05, 0) is 24.3 Å². The molecule has 0 unspecified atom stereocenters. The molecule has 3 aromatic rings. The van der Waals surface area contributed by atoms with Crippen LogP contribution in [0.2, 0.25) is 0 Å². The van der Waals surface area contributed by atoms with E-state index in [1.54, 1.807) is 31.3 Å². The van der Waals surface area contributed by atoms with Gasteiger partial charge in [-0.15, -0.1) is 0 Å². The molecule has 0 bridgehead atoms. The first kappa shape index (κ1) is 21.5. The summed E-state index contributed by atoms with van der Waals surface area (Å²) >= 11 is 0. The summed E-state index contributed by atoms with van der Waals surface area (Å²) < 4.78 is 32.0. The summed E-state index contributed by atoms with van der Waals surface area (Å²) in [5, 5.41) is 3.95. The quantitative estimate of drug-likeness (QED) is 0.571. The molecule has 10 heteroatoms. The van der Waals surface area contributed by atoms with Crippen LogP contribution < -0.4 is 4.31 Å². The van der Waals surface area contributed by atoms with Gasteiger partial charge in [0.05, 0.1) is 12.2 Å². The minimum atomic E-state index is -3.60. The minimum Gasteiger partial charge on any atom is -0.337 e. The summed E-state index contributed by atoms with van der Waals surface area (Å²) in [7, 11) is 2.41. The van der Waals surface area contributed by atoms with E-state index in [0.29, 0.717) is 23.0 Å². The van der Waals surface area contributed by atoms with Crippen molar-refractivity contribution in [2.75, 3.05) is 32.5 Å². The molecule has 158 valence electrons. The van der Waals surface area contributed by atoms with Gasteiger partial charge in [-0.2, -0.15) is 17.7 Å². The molecule has 0 N–H and O–H groups in total. The molecule has 30 heavy (non-hydrogen) atoms. The Morgan fingerprint density at radius 2 is 1.60 bits per heavy atom. The average molecular weight is 430 g/mol. The maximum absolute atomic E-state index is 12.7. The molecule has 1 aromatic heterocycles. The monoisotopic (exact) mass is 429 g/mol. The Labute approximate surface area is 175 Å². The zero-order chi connectivity index (χ0) is 21.9. The van der Waals surface area contributed by atoms with E-state index in [1.807, 2.05) is 30.3 Å². The summed E-state index contributed by atoms with van der Waals surface area (Å²) in [6, 6.07) is 15.7. The van der Waals surface area contributed by atoms with Crippen molar-refractivity contribution in [3.05, 3.63) is 66.1 Å². The number of amides is 1. The number of rotatable bonds is 7. The Kier molecular flexibility index (Phi) is 6.18. The van der Waals surface area contributed by atoms with Crippen molar-refractivity contribution in [2.45, 2.75) is 6.54 Å². The molecule has 0 radical (unpaired) electrons. The molecule has 9 nitrogen and oxygen atoms in total. The number of hydrogen-bond acceptors (Lipinski definition) is 6. The van der Waals surface area contributed by atoms with Crippen LogP contribution in [0.15, 0.2) is 59.1 Å². The van der Waals surface area contributed by atoms with Crippen LogP contribution in [0.25, 0.3) is 11.4 Å². The summed E-state index contributed by atoms with van der Waals surface area (Å²) in [4.78, 5) is 18.5. The van der Waals surface area contributed by atoms with Crippen LogP contribution in [0.1, 0.15) is 16.2 Å². The summed E-state index contributed by atoms with van der Waals surface area (Å²) in [6.07, 6.45) is 0. The third-order valence-electron chi connectivity index (χ3n) is 4.50. The van der Waals surface area contributed by atoms with E-state index < -0.39 is 10.2 Å². The van der Waals surface area contributed by atoms with Gasteiger partial charge >= 0.3 is 10.2 Å². The lowest BCUT2D eigenvalue weighted by Crippen LogP contribution is -2.37. The second kappa shape index (κ2) is 8.64. The van der Waals surface area contributed by atoms with Crippen molar-refractivity contribution in [3.8, 4) is 11.4 Å². The van der Waals surface area contributed by atoms with Crippen LogP contribution in [-0.4, -0.2) is 61.9 Å². The van der Waals surface area contributed by atoms with Gasteiger partial charge in [0.25, 0.3) is 5.91 Å². The molecule has 1 amide bonds. The van der Waals surface area contributed by atoms with Gasteiger partial charge in [-0.1, -0.05) is 35.5 Å². The van der Waals surface area contributed by atoms with Crippen LogP contribution >= 0.6 is 0 Å². The molecule has 0 aliphatic rings. The molecule has 2 aromatic carbocycles. The van der Waals surface area contributed by atoms with Crippen LogP contribution in [0.5, 0.6) is 0 Å². The SMILES string of the molecule is CN(Cc1nc(-c2ccccc2)no1)C(=O)c1ccc(N(C)S(=O)(=O)N(C)C)cc1. The number of aromatic nitrogens is 2. The van der Waals surface area contributed by atoms with Gasteiger partial charge in [0, 0.05) is 39.3 Å². The van der Waals surface area contributed by atoms with Crippen molar-refractivity contribution in [2.24, 2.45) is 0 Å². The summed E-state index contributed by atoms with van der Waals surface area (Å²) in [5.74, 6) is 0.526. The normalized spacial score (nSPS) is 11.5. The van der Waals surface area contributed by atoms with Gasteiger partial charge in [0.1, 0.15) is 0 Å². The predicted molar refractivity (Wildman–Crippen MR) is 113 cm³/mol. The smallest absolute Gasteiger partial charge is 0.303 e. The second-order valence-corrected chi connectivity index (χ2v) is 9.02. The summed E-state index contributed by atoms with van der Waals surface area (Å²) in [5.41, 5.74) is 1.70. The molecule has 0 fully saturated rings. The average Bonchev–Trinajstić information content (AvgIpc) is 3.21. The number of anilines is 1. The highest BCUT2D eigenvalue weighted by Crippen LogP contribution is 2.20. The van der Waals surface area contributed by atoms with Gasteiger partial charge in [-0.3, -0.25) is 9.10 Å². The largest absolute Gasteiger partial charge is 0.337 e. The molecule has 0 saturated heterocycles. The first-order chi connectivity index (χ1) is 14.2. The first-order valence-electron chi connectivity index (χ1n) is 9.10. The Morgan fingerprint density at radius 1 is 0.967 bits per heavy atom. The maximum Gasteiger partial charge on any atom is 0.303 e. The third-order valence-corrected chi connectivity index (χ3v) is 6.33. The number of nitrogens with zero attached hydrogens (tertiary/aromatic N) is 5. The van der Waals surface area contributed by atoms with E-state index >= 15 is 0 Å². The lowest BCUT2D eigenvalue weighted by Gasteiger charge is -2.23. The van der Waals surface area contributed by atoms with E-state index in [2.05, 4.69) is 10.1 Å². The fourth-order valence-corrected chi connectivity index (χ4v) is 3.59. The molecule has 3 rings (SSSR count). The van der Waals surface area contributed by atoms with E-state index in [9.17, 15) is 13.2 Å². The fraction of sp³-hybridized carbons (Fsp3) is 0.250. The van der Waals surface area contributed by atoms with Crippen LogP contribution in [0.3, 0.4) is 0 Å². The highest BCUT2D eigenvalue weighted by Gasteiger charge is 2.22. The van der Waals surface area contributed by atoms with E-state index in [4.69, 9.17) is 4.52 Å². The standard InChI is InChI=1S/C20H23N5O4S/c1-23(2)30(27,28)25(4)17-12-10-16(11-13-17)20(26)24(3)14-18-21-19(22-29-18)15-8-6-5-7-9-15/h5-13H,14H2,1-4H3. The fourth-order valence-electron chi connectivity index (χ4n) is 2.71.